The first kappa shape index (κ1) is 24.8. The van der Waals surface area contributed by atoms with Gasteiger partial charge in [-0.25, -0.2) is 19.3 Å². The molecule has 2 aromatic carbocycles. The van der Waals surface area contributed by atoms with E-state index in [2.05, 4.69) is 9.57 Å². The summed E-state index contributed by atoms with van der Waals surface area (Å²) in [5.41, 5.74) is 2.51. The lowest BCUT2D eigenvalue weighted by molar-refractivity contribution is -0.777. The summed E-state index contributed by atoms with van der Waals surface area (Å²) in [5, 5.41) is 18.8. The maximum Gasteiger partial charge on any atom is 0.510 e. The van der Waals surface area contributed by atoms with Crippen LogP contribution in [0.5, 0.6) is 0 Å². The smallest absolute Gasteiger partial charge is 0.465 e. The van der Waals surface area contributed by atoms with E-state index in [-0.39, 0.29) is 13.2 Å². The lowest BCUT2D eigenvalue weighted by Crippen LogP contribution is -2.44. The molecule has 0 fully saturated rings. The number of rotatable bonds is 7. The predicted octanol–water partition coefficient (Wildman–Crippen LogP) is 4.67. The zero-order valence-corrected chi connectivity index (χ0v) is 18.5. The number of fused-ring (bicyclic) bond motifs is 2. The minimum atomic E-state index is -1.47. The average Bonchev–Trinajstić information content (AvgIpc) is 2.97. The van der Waals surface area contributed by atoms with Gasteiger partial charge in [-0.15, -0.1) is 10.1 Å². The van der Waals surface area contributed by atoms with Crippen molar-refractivity contribution in [2.24, 2.45) is 0 Å². The van der Waals surface area contributed by atoms with Gasteiger partial charge in [0.05, 0.1) is 17.9 Å². The fourth-order valence-corrected chi connectivity index (χ4v) is 3.21. The Kier molecular flexibility index (Phi) is 8.01. The Morgan fingerprint density at radius 1 is 1.06 bits per heavy atom. The van der Waals surface area contributed by atoms with Gasteiger partial charge in [-0.1, -0.05) is 54.6 Å². The highest BCUT2D eigenvalue weighted by atomic mass is 17.0. The quantitative estimate of drug-likeness (QED) is 0.195. The van der Waals surface area contributed by atoms with Crippen LogP contribution >= 0.6 is 0 Å². The van der Waals surface area contributed by atoms with E-state index in [0.717, 1.165) is 18.1 Å². The van der Waals surface area contributed by atoms with Crippen LogP contribution in [0.3, 0.4) is 0 Å². The third-order valence-electron chi connectivity index (χ3n) is 4.70. The second-order valence-corrected chi connectivity index (χ2v) is 7.01. The van der Waals surface area contributed by atoms with Gasteiger partial charge in [0.2, 0.25) is 6.29 Å². The number of para-hydroxylation sites is 2. The van der Waals surface area contributed by atoms with Crippen LogP contribution in [0.2, 0.25) is 0 Å². The molecule has 3 amide bonds. The van der Waals surface area contributed by atoms with E-state index in [1.807, 2.05) is 36.4 Å². The first-order valence-corrected chi connectivity index (χ1v) is 10.3. The van der Waals surface area contributed by atoms with Crippen molar-refractivity contribution in [3.05, 3.63) is 81.9 Å². The van der Waals surface area contributed by atoms with Gasteiger partial charge in [-0.3, -0.25) is 9.74 Å². The molecule has 0 bridgehead atoms. The van der Waals surface area contributed by atoms with Crippen LogP contribution in [0.25, 0.3) is 12.2 Å². The minimum absolute atomic E-state index is 0.328. The number of carboxylic acid groups (broad SMARTS) is 1. The number of nitrogens with zero attached hydrogens (tertiary/aromatic N) is 3. The summed E-state index contributed by atoms with van der Waals surface area (Å²) in [6.45, 7) is 0.470. The Morgan fingerprint density at radius 2 is 1.63 bits per heavy atom. The molecule has 1 aliphatic rings. The Morgan fingerprint density at radius 3 is 2.17 bits per heavy atom. The van der Waals surface area contributed by atoms with Crippen molar-refractivity contribution in [3.63, 3.8) is 0 Å². The predicted molar refractivity (Wildman–Crippen MR) is 123 cm³/mol. The lowest BCUT2D eigenvalue weighted by Gasteiger charge is -2.28. The Hall–Kier alpha value is -4.87. The van der Waals surface area contributed by atoms with Gasteiger partial charge in [0.1, 0.15) is 6.61 Å². The maximum atomic E-state index is 13.4. The molecule has 2 aromatic rings. The molecule has 1 aliphatic heterocycles. The van der Waals surface area contributed by atoms with Gasteiger partial charge in [-0.05, 0) is 36.3 Å². The number of carbonyl (C=O) groups excluding carboxylic acids is 2. The van der Waals surface area contributed by atoms with Crippen molar-refractivity contribution in [2.45, 2.75) is 13.2 Å². The van der Waals surface area contributed by atoms with Crippen LogP contribution in [0.15, 0.2) is 60.7 Å². The number of ether oxygens (including phenoxy) is 2. The Bertz CT molecular complexity index is 1130. The molecule has 0 saturated carbocycles. The molecule has 35 heavy (non-hydrogen) atoms. The fraction of sp³-hybridized carbons (Fsp3) is 0.174. The van der Waals surface area contributed by atoms with Crippen molar-refractivity contribution in [2.75, 3.05) is 18.1 Å². The molecule has 1 atom stereocenters. The summed E-state index contributed by atoms with van der Waals surface area (Å²) >= 11 is 0. The summed E-state index contributed by atoms with van der Waals surface area (Å²) in [6, 6.07) is 13.4. The number of hydrogen-bond donors (Lipinski definition) is 1. The average molecular weight is 483 g/mol. The largest absolute Gasteiger partial charge is 0.510 e. The van der Waals surface area contributed by atoms with Gasteiger partial charge in [-0.2, -0.15) is 0 Å². The van der Waals surface area contributed by atoms with Crippen molar-refractivity contribution < 1.29 is 38.9 Å². The van der Waals surface area contributed by atoms with E-state index >= 15 is 0 Å². The normalized spacial score (nSPS) is 12.7. The van der Waals surface area contributed by atoms with Crippen molar-refractivity contribution in [1.29, 1.82) is 0 Å². The number of benzene rings is 2. The summed E-state index contributed by atoms with van der Waals surface area (Å²) in [4.78, 5) is 53.0. The van der Waals surface area contributed by atoms with Crippen LogP contribution in [-0.2, 0) is 14.3 Å². The molecule has 0 aromatic heterocycles. The summed E-state index contributed by atoms with van der Waals surface area (Å²) in [5.74, 6) is 0. The van der Waals surface area contributed by atoms with Crippen molar-refractivity contribution in [3.8, 4) is 0 Å². The third-order valence-corrected chi connectivity index (χ3v) is 4.70. The van der Waals surface area contributed by atoms with Crippen LogP contribution in [0.4, 0.5) is 25.8 Å². The highest BCUT2D eigenvalue weighted by Crippen LogP contribution is 2.36. The van der Waals surface area contributed by atoms with E-state index in [4.69, 9.17) is 4.74 Å². The maximum absolute atomic E-state index is 13.4. The second kappa shape index (κ2) is 11.3. The lowest BCUT2D eigenvalue weighted by atomic mass is 10.1. The zero-order chi connectivity index (χ0) is 25.4. The molecule has 182 valence electrons. The molecule has 1 heterocycles. The first-order chi connectivity index (χ1) is 16.8. The monoisotopic (exact) mass is 483 g/mol. The van der Waals surface area contributed by atoms with Crippen LogP contribution in [0, 0.1) is 10.1 Å². The fourth-order valence-electron chi connectivity index (χ4n) is 3.21. The van der Waals surface area contributed by atoms with E-state index in [9.17, 15) is 29.6 Å². The second-order valence-electron chi connectivity index (χ2n) is 7.01. The van der Waals surface area contributed by atoms with E-state index < -0.39 is 29.7 Å². The van der Waals surface area contributed by atoms with Gasteiger partial charge >= 0.3 is 18.3 Å². The Balaban J connectivity index is 1.70. The topological polar surface area (TPSA) is 149 Å². The standard InChI is InChI=1S/C23H21N3O9/c1-16(35-26(31)32)34-23(30)33-15-7-6-14-24(22(28)29)21(27)25-19-10-4-2-8-17(19)12-13-18-9-3-5-11-20(18)25/h2-13,16H,14-15H2,1H3,(H,28,29). The van der Waals surface area contributed by atoms with Crippen LogP contribution in [0.1, 0.15) is 18.1 Å². The highest BCUT2D eigenvalue weighted by Gasteiger charge is 2.30. The van der Waals surface area contributed by atoms with Gasteiger partial charge in [0.25, 0.3) is 5.09 Å². The number of hydrogen-bond acceptors (Lipinski definition) is 8. The molecule has 1 N–H and O–H groups in total. The minimum Gasteiger partial charge on any atom is -0.465 e. The molecule has 0 radical (unpaired) electrons. The van der Waals surface area contributed by atoms with Crippen molar-refractivity contribution >= 4 is 41.8 Å². The highest BCUT2D eigenvalue weighted by molar-refractivity contribution is 6.09. The van der Waals surface area contributed by atoms with Gasteiger partial charge < -0.3 is 14.6 Å². The number of carbonyl (C=O) groups is 3. The summed E-state index contributed by atoms with van der Waals surface area (Å²) in [6.07, 6.45) is 2.16. The Labute approximate surface area is 199 Å². The molecule has 3 rings (SSSR count). The van der Waals surface area contributed by atoms with E-state index in [0.29, 0.717) is 16.3 Å². The molecule has 12 heteroatoms. The number of amides is 3. The summed E-state index contributed by atoms with van der Waals surface area (Å²) in [7, 11) is 0. The molecule has 0 saturated heterocycles. The van der Waals surface area contributed by atoms with Crippen molar-refractivity contribution in [1.82, 2.24) is 4.90 Å². The molecular formula is C23H21N3O9. The first-order valence-electron chi connectivity index (χ1n) is 10.3. The molecular weight excluding hydrogens is 462 g/mol. The van der Waals surface area contributed by atoms with Gasteiger partial charge in [0, 0.05) is 0 Å². The number of urea groups is 1. The van der Waals surface area contributed by atoms with E-state index in [1.165, 1.54) is 17.1 Å². The summed E-state index contributed by atoms with van der Waals surface area (Å²) < 4.78 is 9.20. The number of anilines is 2. The van der Waals surface area contributed by atoms with Gasteiger partial charge in [0.15, 0.2) is 0 Å². The molecule has 0 aliphatic carbocycles. The van der Waals surface area contributed by atoms with Crippen LogP contribution in [-0.4, -0.2) is 52.8 Å². The zero-order valence-electron chi connectivity index (χ0n) is 18.5. The molecule has 1 unspecified atom stereocenters. The third kappa shape index (κ3) is 6.35. The van der Waals surface area contributed by atoms with Crippen LogP contribution < -0.4 is 4.90 Å². The molecule has 12 nitrogen and oxygen atoms in total. The SMILES string of the molecule is CC(OC(=O)OCC=CCN(C(=O)O)C(=O)N1c2ccccc2C=Cc2ccccc21)O[N+](=O)[O-]. The molecule has 0 spiro atoms. The van der Waals surface area contributed by atoms with E-state index in [1.54, 1.807) is 24.3 Å². The number of imide groups is 1.